The molecule has 1 fully saturated rings. The number of aromatic nitrogens is 4. The molecule has 3 rings (SSSR count). The molecule has 2 aromatic rings. The van der Waals surface area contributed by atoms with Gasteiger partial charge < -0.3 is 10.6 Å². The first kappa shape index (κ1) is 15.8. The van der Waals surface area contributed by atoms with Crippen LogP contribution in [-0.4, -0.2) is 50.1 Å². The van der Waals surface area contributed by atoms with Crippen LogP contribution in [0.1, 0.15) is 31.1 Å². The minimum atomic E-state index is 0.129. The Hall–Kier alpha value is -2.09. The van der Waals surface area contributed by atoms with Gasteiger partial charge in [0.1, 0.15) is 0 Å². The first-order valence-electron chi connectivity index (χ1n) is 7.66. The van der Waals surface area contributed by atoms with Crippen molar-refractivity contribution in [1.29, 1.82) is 0 Å². The molecule has 1 aromatic carbocycles. The number of tetrazole rings is 1. The summed E-state index contributed by atoms with van der Waals surface area (Å²) in [6, 6.07) is 7.61. The minimum absolute atomic E-state index is 0.129. The van der Waals surface area contributed by atoms with Crippen molar-refractivity contribution in [3.8, 4) is 5.69 Å². The number of nitrogen functional groups attached to an aromatic ring is 1. The van der Waals surface area contributed by atoms with Gasteiger partial charge in [-0.15, -0.1) is 15.0 Å². The van der Waals surface area contributed by atoms with Crippen LogP contribution in [0.5, 0.6) is 0 Å². The zero-order chi connectivity index (χ0) is 16.2. The first-order chi connectivity index (χ1) is 11.2. The predicted molar refractivity (Wildman–Crippen MR) is 93.7 cm³/mol. The van der Waals surface area contributed by atoms with Crippen molar-refractivity contribution in [2.24, 2.45) is 4.99 Å². The maximum Gasteiger partial charge on any atom is 0.197 e. The van der Waals surface area contributed by atoms with Gasteiger partial charge in [0.05, 0.1) is 11.7 Å². The summed E-state index contributed by atoms with van der Waals surface area (Å²) in [7, 11) is 1.83. The Balaban J connectivity index is 1.88. The van der Waals surface area contributed by atoms with Crippen molar-refractivity contribution in [3.63, 3.8) is 0 Å². The zero-order valence-electron chi connectivity index (χ0n) is 13.4. The molecule has 7 nitrogen and oxygen atoms in total. The number of nitrogens with two attached hydrogens (primary N) is 1. The minimum Gasteiger partial charge on any atom is -0.399 e. The van der Waals surface area contributed by atoms with Crippen molar-refractivity contribution >= 4 is 22.6 Å². The van der Waals surface area contributed by atoms with E-state index in [1.807, 2.05) is 37.6 Å². The molecule has 0 unspecified atom stereocenters. The van der Waals surface area contributed by atoms with Gasteiger partial charge in [-0.1, -0.05) is 17.8 Å². The van der Waals surface area contributed by atoms with Gasteiger partial charge in [0.15, 0.2) is 11.0 Å². The van der Waals surface area contributed by atoms with Gasteiger partial charge >= 0.3 is 0 Å². The number of aliphatic imine (C=N–C) groups is 1. The summed E-state index contributed by atoms with van der Waals surface area (Å²) >= 11 is 1.66. The normalized spacial score (nSPS) is 19.1. The first-order valence-corrected chi connectivity index (χ1v) is 8.88. The van der Waals surface area contributed by atoms with E-state index < -0.39 is 0 Å². The molecule has 0 aliphatic carbocycles. The summed E-state index contributed by atoms with van der Waals surface area (Å²) in [4.78, 5) is 8.22. The van der Waals surface area contributed by atoms with Gasteiger partial charge in [-0.05, 0) is 48.9 Å². The maximum atomic E-state index is 5.83. The van der Waals surface area contributed by atoms with Crippen molar-refractivity contribution in [2.75, 3.05) is 25.6 Å². The van der Waals surface area contributed by atoms with Crippen LogP contribution in [0.15, 0.2) is 29.3 Å². The van der Waals surface area contributed by atoms with Gasteiger partial charge in [-0.25, -0.2) is 0 Å². The molecule has 1 saturated heterocycles. The fourth-order valence-corrected chi connectivity index (χ4v) is 3.52. The molecular weight excluding hydrogens is 310 g/mol. The van der Waals surface area contributed by atoms with Crippen LogP contribution in [-0.2, 0) is 0 Å². The Morgan fingerprint density at radius 2 is 2.26 bits per heavy atom. The highest BCUT2D eigenvalue weighted by atomic mass is 32.2. The van der Waals surface area contributed by atoms with Gasteiger partial charge in [0.2, 0.25) is 0 Å². The molecule has 23 heavy (non-hydrogen) atoms. The molecule has 1 aromatic heterocycles. The second kappa shape index (κ2) is 6.99. The van der Waals surface area contributed by atoms with Crippen molar-refractivity contribution in [2.45, 2.75) is 25.3 Å². The second-order valence-corrected chi connectivity index (χ2v) is 6.22. The molecule has 1 atom stereocenters. The molecule has 0 saturated carbocycles. The Morgan fingerprint density at radius 1 is 1.39 bits per heavy atom. The van der Waals surface area contributed by atoms with Crippen LogP contribution in [0, 0.1) is 0 Å². The predicted octanol–water partition coefficient (Wildman–Crippen LogP) is 2.12. The lowest BCUT2D eigenvalue weighted by Crippen LogP contribution is -2.37. The third kappa shape index (κ3) is 3.31. The lowest BCUT2D eigenvalue weighted by Gasteiger charge is -2.35. The molecule has 0 bridgehead atoms. The Kier molecular flexibility index (Phi) is 4.80. The topological polar surface area (TPSA) is 85.2 Å². The Morgan fingerprint density at radius 3 is 3.00 bits per heavy atom. The van der Waals surface area contributed by atoms with Crippen LogP contribution >= 0.6 is 11.8 Å². The standard InChI is InChI=1S/C15H21N7S/c1-17-15(23-2)21-9-4-3-8-13(21)14-18-20-22(19-14)12-7-5-6-11(16)10-12/h5-7,10,13H,3-4,8-9,16H2,1-2H3/b17-15-/t13-/m1/s1. The zero-order valence-corrected chi connectivity index (χ0v) is 14.2. The van der Waals surface area contributed by atoms with E-state index in [4.69, 9.17) is 5.73 Å². The van der Waals surface area contributed by atoms with E-state index in [9.17, 15) is 0 Å². The molecule has 0 spiro atoms. The molecule has 1 aliphatic heterocycles. The molecular formula is C15H21N7S. The van der Waals surface area contributed by atoms with Crippen LogP contribution in [0.2, 0.25) is 0 Å². The SMILES string of the molecule is C/N=C(\SC)N1CCCC[C@@H]1c1nnn(-c2cccc(N)c2)n1. The van der Waals surface area contributed by atoms with Crippen LogP contribution in [0.25, 0.3) is 5.69 Å². The van der Waals surface area contributed by atoms with Gasteiger partial charge in [-0.3, -0.25) is 4.99 Å². The van der Waals surface area contributed by atoms with E-state index in [1.54, 1.807) is 16.6 Å². The quantitative estimate of drug-likeness (QED) is 0.515. The van der Waals surface area contributed by atoms with Gasteiger partial charge in [0, 0.05) is 19.3 Å². The Labute approximate surface area is 140 Å². The number of nitrogens with zero attached hydrogens (tertiary/aromatic N) is 6. The summed E-state index contributed by atoms with van der Waals surface area (Å²) in [6.45, 7) is 0.977. The molecule has 0 amide bonds. The number of likely N-dealkylation sites (tertiary alicyclic amines) is 1. The van der Waals surface area contributed by atoms with E-state index in [2.05, 4.69) is 25.3 Å². The monoisotopic (exact) mass is 331 g/mol. The third-order valence-corrected chi connectivity index (χ3v) is 4.73. The molecule has 0 radical (unpaired) electrons. The van der Waals surface area contributed by atoms with Crippen LogP contribution in [0.4, 0.5) is 5.69 Å². The fraction of sp³-hybridized carbons (Fsp3) is 0.467. The van der Waals surface area contributed by atoms with Gasteiger partial charge in [-0.2, -0.15) is 0 Å². The summed E-state index contributed by atoms with van der Waals surface area (Å²) < 4.78 is 0. The lowest BCUT2D eigenvalue weighted by atomic mass is 10.0. The summed E-state index contributed by atoms with van der Waals surface area (Å²) in [6.07, 6.45) is 5.39. The average Bonchev–Trinajstić information content (AvgIpc) is 3.06. The number of hydrogen-bond donors (Lipinski definition) is 1. The number of hydrogen-bond acceptors (Lipinski definition) is 6. The van der Waals surface area contributed by atoms with E-state index in [-0.39, 0.29) is 6.04 Å². The number of piperidine rings is 1. The average molecular weight is 331 g/mol. The summed E-state index contributed by atoms with van der Waals surface area (Å²) in [5.74, 6) is 0.738. The van der Waals surface area contributed by atoms with Gasteiger partial charge in [0.25, 0.3) is 0 Å². The van der Waals surface area contributed by atoms with E-state index in [0.29, 0.717) is 5.69 Å². The van der Waals surface area contributed by atoms with Crippen LogP contribution < -0.4 is 5.73 Å². The number of benzene rings is 1. The molecule has 122 valence electrons. The van der Waals surface area contributed by atoms with Crippen LogP contribution in [0.3, 0.4) is 0 Å². The smallest absolute Gasteiger partial charge is 0.197 e. The Bertz CT molecular complexity index is 697. The number of anilines is 1. The van der Waals surface area contributed by atoms with E-state index in [0.717, 1.165) is 29.6 Å². The highest BCUT2D eigenvalue weighted by Gasteiger charge is 2.29. The van der Waals surface area contributed by atoms with E-state index >= 15 is 0 Å². The fourth-order valence-electron chi connectivity index (χ4n) is 2.88. The lowest BCUT2D eigenvalue weighted by molar-refractivity contribution is 0.239. The highest BCUT2D eigenvalue weighted by Crippen LogP contribution is 2.30. The largest absolute Gasteiger partial charge is 0.399 e. The number of amidine groups is 1. The third-order valence-electron chi connectivity index (χ3n) is 3.95. The maximum absolute atomic E-state index is 5.83. The number of thioether (sulfide) groups is 1. The molecule has 1 aliphatic rings. The van der Waals surface area contributed by atoms with E-state index in [1.165, 1.54) is 12.8 Å². The summed E-state index contributed by atoms with van der Waals surface area (Å²) in [5.41, 5.74) is 7.33. The number of rotatable bonds is 2. The summed E-state index contributed by atoms with van der Waals surface area (Å²) in [5, 5.41) is 14.1. The second-order valence-electron chi connectivity index (χ2n) is 5.45. The molecule has 2 N–H and O–H groups in total. The van der Waals surface area contributed by atoms with Crippen molar-refractivity contribution < 1.29 is 0 Å². The van der Waals surface area contributed by atoms with Crippen molar-refractivity contribution in [3.05, 3.63) is 30.1 Å². The molecule has 2 heterocycles. The highest BCUT2D eigenvalue weighted by molar-refractivity contribution is 8.13. The van der Waals surface area contributed by atoms with Crippen molar-refractivity contribution in [1.82, 2.24) is 25.1 Å². The molecule has 8 heteroatoms.